The van der Waals surface area contributed by atoms with E-state index in [0.717, 1.165) is 49.7 Å². The van der Waals surface area contributed by atoms with E-state index in [-0.39, 0.29) is 12.1 Å². The third-order valence-corrected chi connectivity index (χ3v) is 4.82. The molecular weight excluding hydrogens is 328 g/mol. The molecule has 2 amide bonds. The normalized spacial score (nSPS) is 16.7. The molecule has 0 bridgehead atoms. The lowest BCUT2D eigenvalue weighted by Gasteiger charge is -2.35. The van der Waals surface area contributed by atoms with Gasteiger partial charge in [0.2, 0.25) is 0 Å². The predicted molar refractivity (Wildman–Crippen MR) is 101 cm³/mol. The van der Waals surface area contributed by atoms with Gasteiger partial charge in [-0.2, -0.15) is 0 Å². The molecule has 1 saturated heterocycles. The summed E-state index contributed by atoms with van der Waals surface area (Å²) in [6, 6.07) is 12.2. The summed E-state index contributed by atoms with van der Waals surface area (Å²) in [4.78, 5) is 16.9. The summed E-state index contributed by atoms with van der Waals surface area (Å²) in [6.07, 6.45) is 0. The van der Waals surface area contributed by atoms with E-state index in [4.69, 9.17) is 4.52 Å². The van der Waals surface area contributed by atoms with Crippen LogP contribution < -0.4 is 5.32 Å². The van der Waals surface area contributed by atoms with E-state index in [1.807, 2.05) is 36.1 Å². The van der Waals surface area contributed by atoms with E-state index in [0.29, 0.717) is 5.92 Å². The molecule has 1 aliphatic heterocycles. The molecule has 2 aromatic rings. The first-order valence-corrected chi connectivity index (χ1v) is 9.28. The number of urea groups is 1. The number of rotatable bonds is 5. The second kappa shape index (κ2) is 8.36. The molecule has 1 fully saturated rings. The van der Waals surface area contributed by atoms with Crippen LogP contribution in [-0.2, 0) is 6.54 Å². The maximum absolute atomic E-state index is 12.7. The number of carbonyl (C=O) groups is 1. The first kappa shape index (κ1) is 18.5. The number of piperazine rings is 1. The van der Waals surface area contributed by atoms with Gasteiger partial charge in [-0.05, 0) is 18.4 Å². The zero-order valence-electron chi connectivity index (χ0n) is 15.8. The first-order valence-electron chi connectivity index (χ1n) is 9.28. The van der Waals surface area contributed by atoms with Crippen LogP contribution in [0.5, 0.6) is 0 Å². The predicted octanol–water partition coefficient (Wildman–Crippen LogP) is 3.21. The Morgan fingerprint density at radius 3 is 2.46 bits per heavy atom. The third kappa shape index (κ3) is 4.64. The molecule has 1 aromatic carbocycles. The van der Waals surface area contributed by atoms with Gasteiger partial charge < -0.3 is 14.7 Å². The fraction of sp³-hybridized carbons (Fsp3) is 0.500. The Kier molecular flexibility index (Phi) is 5.93. The number of aromatic nitrogens is 1. The highest BCUT2D eigenvalue weighted by molar-refractivity contribution is 5.75. The van der Waals surface area contributed by atoms with E-state index in [2.05, 4.69) is 41.4 Å². The van der Waals surface area contributed by atoms with Gasteiger partial charge in [0.15, 0.2) is 5.76 Å². The molecule has 2 heterocycles. The molecule has 3 rings (SSSR count). The molecule has 0 spiro atoms. The summed E-state index contributed by atoms with van der Waals surface area (Å²) in [7, 11) is 0. The second-order valence-corrected chi connectivity index (χ2v) is 7.28. The molecule has 140 valence electrons. The molecule has 6 heteroatoms. The molecule has 1 N–H and O–H groups in total. The fourth-order valence-corrected chi connectivity index (χ4v) is 3.34. The Balaban J connectivity index is 1.52. The molecule has 6 nitrogen and oxygen atoms in total. The summed E-state index contributed by atoms with van der Waals surface area (Å²) >= 11 is 0. The van der Waals surface area contributed by atoms with Crippen LogP contribution in [0.25, 0.3) is 0 Å². The number of amides is 2. The Morgan fingerprint density at radius 1 is 1.19 bits per heavy atom. The van der Waals surface area contributed by atoms with E-state index in [1.54, 1.807) is 0 Å². The second-order valence-electron chi connectivity index (χ2n) is 7.28. The van der Waals surface area contributed by atoms with Crippen molar-refractivity contribution in [2.45, 2.75) is 33.4 Å². The molecule has 1 atom stereocenters. The minimum absolute atomic E-state index is 0.0164. The van der Waals surface area contributed by atoms with Gasteiger partial charge in [0.25, 0.3) is 0 Å². The number of hydrogen-bond donors (Lipinski definition) is 1. The van der Waals surface area contributed by atoms with Crippen LogP contribution in [0.2, 0.25) is 0 Å². The van der Waals surface area contributed by atoms with Gasteiger partial charge in [0, 0.05) is 32.2 Å². The highest BCUT2D eigenvalue weighted by Gasteiger charge is 2.25. The fourth-order valence-electron chi connectivity index (χ4n) is 3.34. The maximum Gasteiger partial charge on any atom is 0.317 e. The van der Waals surface area contributed by atoms with Gasteiger partial charge in [0.05, 0.1) is 18.3 Å². The molecular formula is C20H28N4O2. The zero-order valence-corrected chi connectivity index (χ0v) is 15.8. The molecule has 26 heavy (non-hydrogen) atoms. The van der Waals surface area contributed by atoms with Crippen LogP contribution >= 0.6 is 0 Å². The molecule has 1 aromatic heterocycles. The molecule has 1 unspecified atom stereocenters. The van der Waals surface area contributed by atoms with E-state index in [9.17, 15) is 4.79 Å². The van der Waals surface area contributed by atoms with Crippen LogP contribution in [0.4, 0.5) is 4.79 Å². The van der Waals surface area contributed by atoms with Gasteiger partial charge in [-0.15, -0.1) is 0 Å². The molecule has 0 aliphatic carbocycles. The van der Waals surface area contributed by atoms with Gasteiger partial charge in [-0.3, -0.25) is 4.90 Å². The summed E-state index contributed by atoms with van der Waals surface area (Å²) in [5.41, 5.74) is 2.05. The first-order chi connectivity index (χ1) is 12.5. The minimum Gasteiger partial charge on any atom is -0.360 e. The van der Waals surface area contributed by atoms with Crippen molar-refractivity contribution in [1.82, 2.24) is 20.3 Å². The van der Waals surface area contributed by atoms with E-state index < -0.39 is 0 Å². The van der Waals surface area contributed by atoms with Crippen LogP contribution in [0, 0.1) is 12.8 Å². The Hall–Kier alpha value is -2.34. The van der Waals surface area contributed by atoms with Crippen LogP contribution in [0.1, 0.15) is 36.9 Å². The average Bonchev–Trinajstić information content (AvgIpc) is 3.05. The number of carbonyl (C=O) groups excluding carboxylic acids is 1. The van der Waals surface area contributed by atoms with Crippen molar-refractivity contribution in [3.63, 3.8) is 0 Å². The van der Waals surface area contributed by atoms with Crippen molar-refractivity contribution in [2.24, 2.45) is 5.92 Å². The average molecular weight is 356 g/mol. The standard InChI is InChI=1S/C20H28N4O2/c1-15(2)19(17-7-5-4-6-8-17)21-20(25)24-11-9-23(10-12-24)14-18-13-16(3)22-26-18/h4-8,13,15,19H,9-12,14H2,1-3H3,(H,21,25). The summed E-state index contributed by atoms with van der Waals surface area (Å²) in [5.74, 6) is 1.21. The lowest BCUT2D eigenvalue weighted by molar-refractivity contribution is 0.125. The van der Waals surface area contributed by atoms with Gasteiger partial charge in [0.1, 0.15) is 0 Å². The number of hydrogen-bond acceptors (Lipinski definition) is 4. The minimum atomic E-state index is 0.0164. The Morgan fingerprint density at radius 2 is 1.88 bits per heavy atom. The van der Waals surface area contributed by atoms with Crippen molar-refractivity contribution in [2.75, 3.05) is 26.2 Å². The van der Waals surface area contributed by atoms with Crippen molar-refractivity contribution in [1.29, 1.82) is 0 Å². The third-order valence-electron chi connectivity index (χ3n) is 4.82. The van der Waals surface area contributed by atoms with Crippen molar-refractivity contribution < 1.29 is 9.32 Å². The Bertz CT molecular complexity index is 706. The lowest BCUT2D eigenvalue weighted by atomic mass is 9.96. The number of nitrogens with one attached hydrogen (secondary N) is 1. The smallest absolute Gasteiger partial charge is 0.317 e. The van der Waals surface area contributed by atoms with Crippen molar-refractivity contribution in [3.05, 3.63) is 53.4 Å². The Labute approximate surface area is 155 Å². The van der Waals surface area contributed by atoms with E-state index >= 15 is 0 Å². The maximum atomic E-state index is 12.7. The van der Waals surface area contributed by atoms with E-state index in [1.165, 1.54) is 0 Å². The summed E-state index contributed by atoms with van der Waals surface area (Å²) in [6.45, 7) is 10.1. The summed E-state index contributed by atoms with van der Waals surface area (Å²) in [5, 5.41) is 7.14. The van der Waals surface area contributed by atoms with Crippen LogP contribution in [-0.4, -0.2) is 47.2 Å². The zero-order chi connectivity index (χ0) is 18.5. The number of benzene rings is 1. The monoisotopic (exact) mass is 356 g/mol. The van der Waals surface area contributed by atoms with Crippen molar-refractivity contribution in [3.8, 4) is 0 Å². The van der Waals surface area contributed by atoms with Crippen LogP contribution in [0.3, 0.4) is 0 Å². The quantitative estimate of drug-likeness (QED) is 0.894. The van der Waals surface area contributed by atoms with Gasteiger partial charge in [-0.1, -0.05) is 49.3 Å². The van der Waals surface area contributed by atoms with Gasteiger partial charge >= 0.3 is 6.03 Å². The lowest BCUT2D eigenvalue weighted by Crippen LogP contribution is -2.52. The number of aryl methyl sites for hydroxylation is 1. The van der Waals surface area contributed by atoms with Gasteiger partial charge in [-0.25, -0.2) is 4.79 Å². The molecule has 0 saturated carbocycles. The van der Waals surface area contributed by atoms with Crippen LogP contribution in [0.15, 0.2) is 40.9 Å². The summed E-state index contributed by atoms with van der Waals surface area (Å²) < 4.78 is 5.28. The molecule has 1 aliphatic rings. The highest BCUT2D eigenvalue weighted by Crippen LogP contribution is 2.22. The SMILES string of the molecule is Cc1cc(CN2CCN(C(=O)NC(c3ccccc3)C(C)C)CC2)on1. The van der Waals surface area contributed by atoms with Crippen molar-refractivity contribution >= 4 is 6.03 Å². The largest absolute Gasteiger partial charge is 0.360 e. The highest BCUT2D eigenvalue weighted by atomic mass is 16.5. The molecule has 0 radical (unpaired) electrons. The number of nitrogens with zero attached hydrogens (tertiary/aromatic N) is 3. The topological polar surface area (TPSA) is 61.6 Å².